The van der Waals surface area contributed by atoms with E-state index in [4.69, 9.17) is 23.7 Å². The van der Waals surface area contributed by atoms with Gasteiger partial charge in [-0.3, -0.25) is 9.59 Å². The van der Waals surface area contributed by atoms with E-state index < -0.39 is 17.9 Å². The van der Waals surface area contributed by atoms with E-state index in [-0.39, 0.29) is 30.0 Å². The Morgan fingerprint density at radius 2 is 1.61 bits per heavy atom. The second kappa shape index (κ2) is 12.5. The van der Waals surface area contributed by atoms with Crippen molar-refractivity contribution in [1.82, 2.24) is 5.32 Å². The lowest BCUT2D eigenvalue weighted by Crippen LogP contribution is -2.36. The third kappa shape index (κ3) is 6.24. The van der Waals surface area contributed by atoms with Crippen LogP contribution in [-0.2, 0) is 19.1 Å². The van der Waals surface area contributed by atoms with E-state index in [1.807, 2.05) is 32.0 Å². The van der Waals surface area contributed by atoms with Crippen molar-refractivity contribution in [1.29, 1.82) is 0 Å². The van der Waals surface area contributed by atoms with Gasteiger partial charge in [-0.25, -0.2) is 4.79 Å². The second-order valence-corrected chi connectivity index (χ2v) is 10.3. The number of ether oxygens (including phenoxy) is 5. The monoisotopic (exact) mass is 563 g/mol. The number of nitrogens with one attached hydrogen (secondary N) is 1. The number of carbonyl (C=O) groups is 3. The van der Waals surface area contributed by atoms with Crippen LogP contribution in [0.3, 0.4) is 0 Å². The summed E-state index contributed by atoms with van der Waals surface area (Å²) in [6, 6.07) is 10.8. The topological polar surface area (TPSA) is 109 Å². The number of dihydropyridines is 1. The van der Waals surface area contributed by atoms with Gasteiger partial charge >= 0.3 is 11.9 Å². The highest BCUT2D eigenvalue weighted by molar-refractivity contribution is 6.04. The number of esters is 2. The van der Waals surface area contributed by atoms with Gasteiger partial charge in [0, 0.05) is 36.2 Å². The molecule has 0 saturated heterocycles. The molecule has 0 spiro atoms. The van der Waals surface area contributed by atoms with Crippen LogP contribution in [0.4, 0.5) is 0 Å². The number of hydrogen-bond donors (Lipinski definition) is 1. The minimum atomic E-state index is -0.693. The number of methoxy groups -OCH3 is 2. The molecule has 0 saturated carbocycles. The highest BCUT2D eigenvalue weighted by Gasteiger charge is 2.42. The molecule has 2 aromatic carbocycles. The Balaban J connectivity index is 1.82. The van der Waals surface area contributed by atoms with Crippen molar-refractivity contribution in [3.05, 3.63) is 70.1 Å². The molecule has 0 radical (unpaired) electrons. The molecule has 0 unspecified atom stereocenters. The molecule has 2 aliphatic rings. The van der Waals surface area contributed by atoms with Crippen LogP contribution in [0, 0.1) is 0 Å². The minimum absolute atomic E-state index is 0.0760. The quantitative estimate of drug-likeness (QED) is 0.319. The van der Waals surface area contributed by atoms with Crippen molar-refractivity contribution in [3.8, 4) is 23.0 Å². The molecule has 41 heavy (non-hydrogen) atoms. The molecule has 0 aromatic heterocycles. The Bertz CT molecular complexity index is 1420. The second-order valence-electron chi connectivity index (χ2n) is 10.3. The van der Waals surface area contributed by atoms with Gasteiger partial charge in [0.05, 0.1) is 32.5 Å². The van der Waals surface area contributed by atoms with E-state index >= 15 is 0 Å². The van der Waals surface area contributed by atoms with Gasteiger partial charge in [0.1, 0.15) is 0 Å². The van der Waals surface area contributed by atoms with Gasteiger partial charge in [-0.15, -0.1) is 0 Å². The van der Waals surface area contributed by atoms with Crippen molar-refractivity contribution < 1.29 is 38.1 Å². The zero-order valence-corrected chi connectivity index (χ0v) is 24.6. The van der Waals surface area contributed by atoms with Crippen LogP contribution >= 0.6 is 0 Å². The molecule has 1 heterocycles. The number of Topliss-reactive ketones (excluding diaryl/α,β-unsaturated/α-hetero) is 1. The number of carbonyl (C=O) groups excluding carboxylic acids is 3. The third-order valence-corrected chi connectivity index (χ3v) is 7.12. The van der Waals surface area contributed by atoms with Crippen LogP contribution in [0.2, 0.25) is 0 Å². The van der Waals surface area contributed by atoms with Crippen molar-refractivity contribution in [3.63, 3.8) is 0 Å². The van der Waals surface area contributed by atoms with Gasteiger partial charge < -0.3 is 29.0 Å². The normalized spacial score (nSPS) is 18.5. The molecule has 0 bridgehead atoms. The lowest BCUT2D eigenvalue weighted by molar-refractivity contribution is -0.143. The molecule has 1 aliphatic carbocycles. The number of hydrogen-bond acceptors (Lipinski definition) is 9. The van der Waals surface area contributed by atoms with Gasteiger partial charge in [-0.2, -0.15) is 0 Å². The first kappa shape index (κ1) is 29.7. The highest BCUT2D eigenvalue weighted by Crippen LogP contribution is 2.47. The lowest BCUT2D eigenvalue weighted by atomic mass is 9.71. The fourth-order valence-electron chi connectivity index (χ4n) is 5.47. The Morgan fingerprint density at radius 3 is 2.24 bits per heavy atom. The fourth-order valence-corrected chi connectivity index (χ4v) is 5.47. The lowest BCUT2D eigenvalue weighted by Gasteiger charge is -2.37. The van der Waals surface area contributed by atoms with Crippen LogP contribution in [-0.4, -0.2) is 44.7 Å². The van der Waals surface area contributed by atoms with E-state index in [0.29, 0.717) is 52.7 Å². The van der Waals surface area contributed by atoms with Crippen LogP contribution < -0.4 is 24.3 Å². The Kier molecular flexibility index (Phi) is 9.05. The number of rotatable bonds is 9. The number of benzene rings is 2. The van der Waals surface area contributed by atoms with E-state index in [2.05, 4.69) is 5.32 Å². The molecule has 2 aromatic rings. The maximum absolute atomic E-state index is 14.0. The third-order valence-electron chi connectivity index (χ3n) is 7.12. The first-order chi connectivity index (χ1) is 19.6. The van der Waals surface area contributed by atoms with E-state index in [1.54, 1.807) is 46.3 Å². The summed E-state index contributed by atoms with van der Waals surface area (Å²) in [5.74, 6) is -0.0273. The van der Waals surface area contributed by atoms with Gasteiger partial charge in [0.25, 0.3) is 0 Å². The largest absolute Gasteiger partial charge is 0.493 e. The Morgan fingerprint density at radius 1 is 0.951 bits per heavy atom. The zero-order chi connectivity index (χ0) is 29.8. The van der Waals surface area contributed by atoms with Gasteiger partial charge in [-0.1, -0.05) is 12.1 Å². The van der Waals surface area contributed by atoms with Gasteiger partial charge in [0.2, 0.25) is 0 Å². The van der Waals surface area contributed by atoms with Gasteiger partial charge in [0.15, 0.2) is 28.8 Å². The molecule has 2 atom stereocenters. The number of ketones is 1. The summed E-state index contributed by atoms with van der Waals surface area (Å²) in [6.45, 7) is 8.85. The number of allylic oxidation sites excluding steroid dienone is 3. The fraction of sp³-hybridized carbons (Fsp3) is 0.406. The highest BCUT2D eigenvalue weighted by atomic mass is 16.6. The molecular weight excluding hydrogens is 526 g/mol. The van der Waals surface area contributed by atoms with E-state index in [1.165, 1.54) is 6.92 Å². The van der Waals surface area contributed by atoms with Crippen molar-refractivity contribution >= 4 is 17.7 Å². The molecule has 1 aliphatic heterocycles. The first-order valence-electron chi connectivity index (χ1n) is 13.7. The van der Waals surface area contributed by atoms with Gasteiger partial charge in [-0.05, 0) is 75.4 Å². The maximum atomic E-state index is 14.0. The molecule has 4 rings (SSSR count). The molecule has 1 N–H and O–H groups in total. The van der Waals surface area contributed by atoms with Crippen molar-refractivity contribution in [2.45, 2.75) is 65.4 Å². The van der Waals surface area contributed by atoms with Crippen LogP contribution in [0.5, 0.6) is 23.0 Å². The SMILES string of the molecule is CCOc1cc([C@H]2C(C(=O)OC(C)C)=C(C)NC3=C2C(=O)C[C@H](c2ccc(OC)c(OC)c2)C3)ccc1OC(C)=O. The molecule has 218 valence electrons. The predicted molar refractivity (Wildman–Crippen MR) is 152 cm³/mol. The maximum Gasteiger partial charge on any atom is 0.337 e. The predicted octanol–water partition coefficient (Wildman–Crippen LogP) is 5.34. The summed E-state index contributed by atoms with van der Waals surface area (Å²) in [4.78, 5) is 39.1. The molecule has 9 heteroatoms. The van der Waals surface area contributed by atoms with Crippen LogP contribution in [0.25, 0.3) is 0 Å². The summed E-state index contributed by atoms with van der Waals surface area (Å²) in [5.41, 5.74) is 3.86. The van der Waals surface area contributed by atoms with Crippen LogP contribution in [0.15, 0.2) is 58.9 Å². The van der Waals surface area contributed by atoms with E-state index in [0.717, 1.165) is 11.3 Å². The summed E-state index contributed by atoms with van der Waals surface area (Å²) in [5, 5.41) is 3.36. The van der Waals surface area contributed by atoms with Crippen molar-refractivity contribution in [2.24, 2.45) is 0 Å². The summed E-state index contributed by atoms with van der Waals surface area (Å²) in [7, 11) is 3.16. The molecule has 0 fully saturated rings. The standard InChI is InChI=1S/C32H37NO8/c1-8-39-28-16-21(10-12-26(28)41-19(5)34)30-29(32(36)40-17(2)3)18(4)33-23-13-22(14-24(35)31(23)30)20-9-11-25(37-6)27(15-20)38-7/h9-12,15-17,22,30,33H,8,13-14H2,1-7H3/t22-,30+/m1/s1. The van der Waals surface area contributed by atoms with E-state index in [9.17, 15) is 14.4 Å². The summed E-state index contributed by atoms with van der Waals surface area (Å²) in [6.07, 6.45) is 0.462. The Labute approximate surface area is 240 Å². The molecule has 9 nitrogen and oxygen atoms in total. The average Bonchev–Trinajstić information content (AvgIpc) is 2.92. The first-order valence-corrected chi connectivity index (χ1v) is 13.7. The average molecular weight is 564 g/mol. The van der Waals surface area contributed by atoms with Crippen LogP contribution in [0.1, 0.15) is 70.4 Å². The summed E-state index contributed by atoms with van der Waals surface area (Å²) < 4.78 is 27.6. The smallest absolute Gasteiger partial charge is 0.337 e. The Hall–Kier alpha value is -4.27. The minimum Gasteiger partial charge on any atom is -0.493 e. The molecular formula is C32H37NO8. The summed E-state index contributed by atoms with van der Waals surface area (Å²) >= 11 is 0. The molecule has 0 amide bonds. The zero-order valence-electron chi connectivity index (χ0n) is 24.6. The van der Waals surface area contributed by atoms with Crippen molar-refractivity contribution in [2.75, 3.05) is 20.8 Å².